The lowest BCUT2D eigenvalue weighted by molar-refractivity contribution is -0.146. The minimum absolute atomic E-state index is 0.000874. The molecular formula is C51H77N7O12S. The van der Waals surface area contributed by atoms with E-state index in [2.05, 4.69) is 34.1 Å². The van der Waals surface area contributed by atoms with Crippen molar-refractivity contribution < 1.29 is 57.2 Å². The molecule has 20 heteroatoms. The highest BCUT2D eigenvalue weighted by Gasteiger charge is 2.43. The summed E-state index contributed by atoms with van der Waals surface area (Å²) in [5.74, 6) is -2.99. The van der Waals surface area contributed by atoms with Crippen LogP contribution in [-0.4, -0.2) is 171 Å². The molecule has 0 radical (unpaired) electrons. The number of hydrogen-bond donors (Lipinski definition) is 3. The number of carbonyl (C=O) groups excluding carboxylic acids is 7. The van der Waals surface area contributed by atoms with Crippen molar-refractivity contribution in [2.24, 2.45) is 11.8 Å². The third-order valence-corrected chi connectivity index (χ3v) is 14.2. The average molecular weight is 1010 g/mol. The largest absolute Gasteiger partial charge is 0.379 e. The molecule has 71 heavy (non-hydrogen) atoms. The Labute approximate surface area is 423 Å². The third kappa shape index (κ3) is 17.9. The summed E-state index contributed by atoms with van der Waals surface area (Å²) < 4.78 is 28.5. The monoisotopic (exact) mass is 1010 g/mol. The van der Waals surface area contributed by atoms with Gasteiger partial charge in [-0.25, -0.2) is 4.98 Å². The van der Waals surface area contributed by atoms with Gasteiger partial charge in [-0.2, -0.15) is 0 Å². The molecule has 0 spiro atoms. The molecule has 0 unspecified atom stereocenters. The van der Waals surface area contributed by atoms with Crippen molar-refractivity contribution >= 4 is 52.7 Å². The van der Waals surface area contributed by atoms with E-state index in [0.29, 0.717) is 19.4 Å². The molecule has 1 aromatic heterocycles. The summed E-state index contributed by atoms with van der Waals surface area (Å²) in [6, 6.07) is -1.24. The fraction of sp³-hybridized carbons (Fsp3) is 0.647. The van der Waals surface area contributed by atoms with Gasteiger partial charge in [0.1, 0.15) is 10.5 Å². The SMILES string of the molecule is C=C/C=C(\C=C)C[C@H](NC(=O)[C@H](C)[C@@H](OC)[C@@H]1CCCN1C(=O)C[C@@H](OC)[C@H](C1CCCCC1)N(C)C(=O)CNC(=O)C(C)(C)NC(=O)CCOCCOCCOCCN1C(=O)C=CC1=O)c1nccs1. The first kappa shape index (κ1) is 58.5. The maximum absolute atomic E-state index is 14.4. The van der Waals surface area contributed by atoms with E-state index in [4.69, 9.17) is 23.7 Å². The number of likely N-dealkylation sites (tertiary alicyclic amines) is 1. The van der Waals surface area contributed by atoms with E-state index in [-0.39, 0.29) is 107 Å². The lowest BCUT2D eigenvalue weighted by Crippen LogP contribution is -2.58. The first-order chi connectivity index (χ1) is 34.1. The minimum Gasteiger partial charge on any atom is -0.379 e. The number of thiazole rings is 1. The zero-order valence-electron chi connectivity index (χ0n) is 42.5. The van der Waals surface area contributed by atoms with Gasteiger partial charge in [-0.05, 0) is 57.4 Å². The molecule has 0 bridgehead atoms. The highest BCUT2D eigenvalue weighted by molar-refractivity contribution is 7.09. The predicted octanol–water partition coefficient (Wildman–Crippen LogP) is 3.82. The van der Waals surface area contributed by atoms with Crippen LogP contribution >= 0.6 is 11.3 Å². The van der Waals surface area contributed by atoms with Gasteiger partial charge in [-0.1, -0.05) is 57.6 Å². The Morgan fingerprint density at radius 1 is 0.915 bits per heavy atom. The Hall–Kier alpha value is -5.12. The van der Waals surface area contributed by atoms with Crippen LogP contribution < -0.4 is 16.0 Å². The molecule has 7 amide bonds. The number of nitrogens with one attached hydrogen (secondary N) is 3. The van der Waals surface area contributed by atoms with Crippen LogP contribution in [0.1, 0.15) is 96.0 Å². The summed E-state index contributed by atoms with van der Waals surface area (Å²) in [7, 11) is 4.80. The molecule has 3 heterocycles. The van der Waals surface area contributed by atoms with E-state index < -0.39 is 47.6 Å². The second-order valence-electron chi connectivity index (χ2n) is 18.6. The number of likely N-dealkylation sites (N-methyl/N-ethyl adjacent to an activating group) is 1. The molecule has 3 aliphatic rings. The Morgan fingerprint density at radius 2 is 1.58 bits per heavy atom. The normalized spacial score (nSPS) is 18.7. The Bertz CT molecular complexity index is 1990. The first-order valence-electron chi connectivity index (χ1n) is 24.7. The van der Waals surface area contributed by atoms with E-state index in [0.717, 1.165) is 54.0 Å². The number of imide groups is 1. The second kappa shape index (κ2) is 30.0. The van der Waals surface area contributed by atoms with Gasteiger partial charge in [-0.3, -0.25) is 38.5 Å². The molecule has 0 aromatic carbocycles. The fourth-order valence-electron chi connectivity index (χ4n) is 9.43. The van der Waals surface area contributed by atoms with Gasteiger partial charge in [0.2, 0.25) is 29.5 Å². The number of rotatable bonds is 32. The Morgan fingerprint density at radius 3 is 2.18 bits per heavy atom. The van der Waals surface area contributed by atoms with E-state index in [1.165, 1.54) is 23.5 Å². The van der Waals surface area contributed by atoms with Crippen LogP contribution in [0.5, 0.6) is 0 Å². The molecule has 2 fully saturated rings. The summed E-state index contributed by atoms with van der Waals surface area (Å²) >= 11 is 1.45. The van der Waals surface area contributed by atoms with Crippen molar-refractivity contribution in [3.05, 3.63) is 65.7 Å². The van der Waals surface area contributed by atoms with E-state index in [9.17, 15) is 33.6 Å². The van der Waals surface area contributed by atoms with Gasteiger partial charge in [0.05, 0.1) is 95.4 Å². The number of nitrogens with zero attached hydrogens (tertiary/aromatic N) is 4. The molecule has 1 aromatic rings. The molecule has 394 valence electrons. The van der Waals surface area contributed by atoms with Crippen molar-refractivity contribution in [2.75, 3.05) is 80.5 Å². The quantitative estimate of drug-likeness (QED) is 0.0531. The van der Waals surface area contributed by atoms with Crippen LogP contribution in [0.25, 0.3) is 0 Å². The molecule has 1 saturated carbocycles. The van der Waals surface area contributed by atoms with Crippen molar-refractivity contribution in [1.82, 2.24) is 35.6 Å². The highest BCUT2D eigenvalue weighted by Crippen LogP contribution is 2.34. The molecule has 3 N–H and O–H groups in total. The van der Waals surface area contributed by atoms with Crippen LogP contribution in [0.3, 0.4) is 0 Å². The van der Waals surface area contributed by atoms with Gasteiger partial charge < -0.3 is 49.4 Å². The van der Waals surface area contributed by atoms with Gasteiger partial charge in [-0.15, -0.1) is 11.3 Å². The van der Waals surface area contributed by atoms with Crippen LogP contribution in [0.4, 0.5) is 0 Å². The molecule has 19 nitrogen and oxygen atoms in total. The molecule has 6 atom stereocenters. The summed E-state index contributed by atoms with van der Waals surface area (Å²) in [5.41, 5.74) is -0.448. The van der Waals surface area contributed by atoms with Crippen LogP contribution in [0.15, 0.2) is 60.7 Å². The van der Waals surface area contributed by atoms with Crippen LogP contribution in [0, 0.1) is 11.8 Å². The summed E-state index contributed by atoms with van der Waals surface area (Å²) in [4.78, 5) is 101. The topological polar surface area (TPSA) is 224 Å². The lowest BCUT2D eigenvalue weighted by atomic mass is 9.80. The number of methoxy groups -OCH3 is 2. The van der Waals surface area contributed by atoms with Crippen molar-refractivity contribution in [1.29, 1.82) is 0 Å². The lowest BCUT2D eigenvalue weighted by Gasteiger charge is -2.41. The van der Waals surface area contributed by atoms with E-state index >= 15 is 0 Å². The first-order valence-corrected chi connectivity index (χ1v) is 25.5. The fourth-order valence-corrected chi connectivity index (χ4v) is 10.1. The number of hydrogen-bond acceptors (Lipinski definition) is 14. The zero-order valence-corrected chi connectivity index (χ0v) is 43.3. The number of aromatic nitrogens is 1. The number of ether oxygens (including phenoxy) is 5. The van der Waals surface area contributed by atoms with Gasteiger partial charge in [0.15, 0.2) is 0 Å². The minimum atomic E-state index is -1.35. The van der Waals surface area contributed by atoms with Crippen LogP contribution in [0.2, 0.25) is 0 Å². The third-order valence-electron chi connectivity index (χ3n) is 13.3. The average Bonchev–Trinajstić information content (AvgIpc) is 4.15. The van der Waals surface area contributed by atoms with E-state index in [1.807, 2.05) is 18.4 Å². The number of carbonyl (C=O) groups is 7. The smallest absolute Gasteiger partial charge is 0.253 e. The molecule has 4 rings (SSSR count). The van der Waals surface area contributed by atoms with Crippen molar-refractivity contribution in [2.45, 2.75) is 121 Å². The molecular weight excluding hydrogens is 935 g/mol. The number of allylic oxidation sites excluding steroid dienone is 3. The zero-order chi connectivity index (χ0) is 51.9. The second-order valence-corrected chi connectivity index (χ2v) is 19.5. The van der Waals surface area contributed by atoms with Gasteiger partial charge in [0, 0.05) is 58.0 Å². The Balaban J connectivity index is 1.26. The van der Waals surface area contributed by atoms with E-state index in [1.54, 1.807) is 63.3 Å². The summed E-state index contributed by atoms with van der Waals surface area (Å²) in [6.45, 7) is 14.3. The molecule has 1 aliphatic carbocycles. The number of amides is 7. The maximum Gasteiger partial charge on any atom is 0.253 e. The Kier molecular flexibility index (Phi) is 24.7. The standard InChI is InChI=1S/C51H77N7O12S/c1-9-15-36(10-2)32-38(49-52-22-31-71-49)54-48(64)35(3)47(67-8)39-18-14-23-57(39)44(62)33-40(66-7)46(37-16-12-11-13-17-37)56(6)45(63)34-53-50(65)51(4,5)55-41(59)21-25-68-27-29-70-30-28-69-26-24-58-42(60)19-20-43(58)61/h9-10,15,19-20,22,31,35,37-40,46-47H,1-2,11-14,16-18,21,23-30,32-34H2,3-8H3,(H,53,65)(H,54,64)(H,55,59)/b36-15+/t35-,38+,39+,40-,46+,47-/m1/s1. The summed E-state index contributed by atoms with van der Waals surface area (Å²) in [5, 5.41) is 11.2. The van der Waals surface area contributed by atoms with Gasteiger partial charge in [0.25, 0.3) is 11.8 Å². The highest BCUT2D eigenvalue weighted by atomic mass is 32.1. The van der Waals surface area contributed by atoms with Gasteiger partial charge >= 0.3 is 0 Å². The summed E-state index contributed by atoms with van der Waals surface area (Å²) in [6.07, 6.45) is 14.7. The van der Waals surface area contributed by atoms with Crippen LogP contribution in [-0.2, 0) is 57.2 Å². The molecule has 1 saturated heterocycles. The predicted molar refractivity (Wildman–Crippen MR) is 268 cm³/mol. The van der Waals surface area contributed by atoms with Crippen molar-refractivity contribution in [3.63, 3.8) is 0 Å². The molecule has 2 aliphatic heterocycles. The maximum atomic E-state index is 14.4. The van der Waals surface area contributed by atoms with Crippen molar-refractivity contribution in [3.8, 4) is 0 Å².